The zero-order chi connectivity index (χ0) is 15.6. The highest BCUT2D eigenvalue weighted by molar-refractivity contribution is 5.62. The van der Waals surface area contributed by atoms with Crippen LogP contribution in [0, 0.1) is 10.1 Å². The van der Waals surface area contributed by atoms with Gasteiger partial charge >= 0.3 is 5.69 Å². The molecule has 7 nitrogen and oxygen atoms in total. The fourth-order valence-electron chi connectivity index (χ4n) is 2.18. The summed E-state index contributed by atoms with van der Waals surface area (Å²) in [7, 11) is 1.63. The smallest absolute Gasteiger partial charge is 0.328 e. The van der Waals surface area contributed by atoms with Gasteiger partial charge < -0.3 is 5.32 Å². The Bertz CT molecular complexity index is 715. The van der Waals surface area contributed by atoms with Crippen molar-refractivity contribution in [1.29, 1.82) is 0 Å². The molecule has 0 aliphatic heterocycles. The summed E-state index contributed by atoms with van der Waals surface area (Å²) in [5.41, 5.74) is 1.05. The number of nitrogens with zero attached hydrogens (tertiary/aromatic N) is 3. The standard InChI is InChI=1S/C14H18N4O3/c1-10(2)17-7-6-16(14(17)19)9-11-4-5-12(15-3)13(8-11)18(20)21/h4-8,10,15H,9H2,1-3H3. The van der Waals surface area contributed by atoms with E-state index in [1.807, 2.05) is 13.8 Å². The quantitative estimate of drug-likeness (QED) is 0.676. The molecule has 0 fully saturated rings. The Balaban J connectivity index is 2.34. The number of benzene rings is 1. The Morgan fingerprint density at radius 1 is 1.33 bits per heavy atom. The highest BCUT2D eigenvalue weighted by Gasteiger charge is 2.14. The number of rotatable bonds is 5. The van der Waals surface area contributed by atoms with Gasteiger partial charge in [0.2, 0.25) is 0 Å². The van der Waals surface area contributed by atoms with E-state index in [9.17, 15) is 14.9 Å². The predicted molar refractivity (Wildman–Crippen MR) is 80.8 cm³/mol. The van der Waals surface area contributed by atoms with Gasteiger partial charge in [0.05, 0.1) is 11.5 Å². The van der Waals surface area contributed by atoms with E-state index in [4.69, 9.17) is 0 Å². The maximum atomic E-state index is 12.1. The summed E-state index contributed by atoms with van der Waals surface area (Å²) in [6.45, 7) is 4.17. The minimum absolute atomic E-state index is 0.00587. The summed E-state index contributed by atoms with van der Waals surface area (Å²) in [6.07, 6.45) is 3.42. The molecule has 112 valence electrons. The second kappa shape index (κ2) is 5.82. The number of hydrogen-bond donors (Lipinski definition) is 1. The first kappa shape index (κ1) is 14.8. The van der Waals surface area contributed by atoms with Crippen molar-refractivity contribution >= 4 is 11.4 Å². The molecule has 0 aliphatic carbocycles. The SMILES string of the molecule is CNc1ccc(Cn2ccn(C(C)C)c2=O)cc1[N+](=O)[O-]. The van der Waals surface area contributed by atoms with E-state index in [-0.39, 0.29) is 17.4 Å². The molecule has 0 radical (unpaired) electrons. The van der Waals surface area contributed by atoms with Gasteiger partial charge in [-0.15, -0.1) is 0 Å². The predicted octanol–water partition coefficient (Wildman–Crippen LogP) is 2.23. The zero-order valence-electron chi connectivity index (χ0n) is 12.2. The van der Waals surface area contributed by atoms with Crippen LogP contribution in [0.5, 0.6) is 0 Å². The molecule has 7 heteroatoms. The van der Waals surface area contributed by atoms with Crippen molar-refractivity contribution in [2.45, 2.75) is 26.4 Å². The largest absolute Gasteiger partial charge is 0.383 e. The average molecular weight is 290 g/mol. The van der Waals surface area contributed by atoms with Gasteiger partial charge in [0.25, 0.3) is 5.69 Å². The van der Waals surface area contributed by atoms with Crippen molar-refractivity contribution in [3.63, 3.8) is 0 Å². The molecule has 1 N–H and O–H groups in total. The molecule has 0 atom stereocenters. The number of anilines is 1. The van der Waals surface area contributed by atoms with E-state index in [2.05, 4.69) is 5.32 Å². The number of nitro benzene ring substituents is 1. The lowest BCUT2D eigenvalue weighted by Crippen LogP contribution is -2.25. The van der Waals surface area contributed by atoms with Gasteiger partial charge in [0.1, 0.15) is 5.69 Å². The molecule has 1 aromatic heterocycles. The number of aromatic nitrogens is 2. The zero-order valence-corrected chi connectivity index (χ0v) is 12.2. The normalized spacial score (nSPS) is 10.9. The van der Waals surface area contributed by atoms with Crippen LogP contribution in [-0.4, -0.2) is 21.1 Å². The lowest BCUT2D eigenvalue weighted by molar-refractivity contribution is -0.384. The fourth-order valence-corrected chi connectivity index (χ4v) is 2.18. The number of nitrogens with one attached hydrogen (secondary N) is 1. The molecule has 1 aromatic carbocycles. The molecule has 0 spiro atoms. The van der Waals surface area contributed by atoms with Crippen molar-refractivity contribution in [3.05, 3.63) is 56.8 Å². The molecule has 0 saturated heterocycles. The van der Waals surface area contributed by atoms with E-state index >= 15 is 0 Å². The first-order chi connectivity index (χ1) is 9.93. The van der Waals surface area contributed by atoms with Gasteiger partial charge in [-0.1, -0.05) is 6.07 Å². The van der Waals surface area contributed by atoms with Crippen molar-refractivity contribution in [1.82, 2.24) is 9.13 Å². The molecule has 1 heterocycles. The van der Waals surface area contributed by atoms with Crippen molar-refractivity contribution in [3.8, 4) is 0 Å². The molecular weight excluding hydrogens is 272 g/mol. The van der Waals surface area contributed by atoms with E-state index in [1.165, 1.54) is 10.6 Å². The van der Waals surface area contributed by atoms with Crippen molar-refractivity contribution < 1.29 is 4.92 Å². The van der Waals surface area contributed by atoms with Gasteiger partial charge in [0, 0.05) is 31.5 Å². The molecule has 0 bridgehead atoms. The van der Waals surface area contributed by atoms with Crippen LogP contribution in [-0.2, 0) is 6.54 Å². The molecule has 21 heavy (non-hydrogen) atoms. The van der Waals surface area contributed by atoms with Gasteiger partial charge in [-0.3, -0.25) is 19.2 Å². The Morgan fingerprint density at radius 3 is 2.57 bits per heavy atom. The summed E-state index contributed by atoms with van der Waals surface area (Å²) >= 11 is 0. The second-order valence-corrected chi connectivity index (χ2v) is 5.07. The van der Waals surface area contributed by atoms with Crippen LogP contribution in [0.15, 0.2) is 35.4 Å². The van der Waals surface area contributed by atoms with Crippen LogP contribution < -0.4 is 11.0 Å². The second-order valence-electron chi connectivity index (χ2n) is 5.07. The Labute approximate surface area is 122 Å². The van der Waals surface area contributed by atoms with Crippen LogP contribution in [0.1, 0.15) is 25.5 Å². The summed E-state index contributed by atoms with van der Waals surface area (Å²) in [5.74, 6) is 0. The Hall–Kier alpha value is -2.57. The van der Waals surface area contributed by atoms with Crippen LogP contribution in [0.25, 0.3) is 0 Å². The topological polar surface area (TPSA) is 82.1 Å². The van der Waals surface area contributed by atoms with Crippen LogP contribution in [0.4, 0.5) is 11.4 Å². The van der Waals surface area contributed by atoms with Gasteiger partial charge in [-0.25, -0.2) is 4.79 Å². The van der Waals surface area contributed by atoms with Gasteiger partial charge in [-0.2, -0.15) is 0 Å². The van der Waals surface area contributed by atoms with Crippen molar-refractivity contribution in [2.75, 3.05) is 12.4 Å². The molecule has 0 unspecified atom stereocenters. The number of imidazole rings is 1. The summed E-state index contributed by atoms with van der Waals surface area (Å²) < 4.78 is 3.16. The van der Waals surface area contributed by atoms with Gasteiger partial charge in [-0.05, 0) is 25.5 Å². The third kappa shape index (κ3) is 2.96. The highest BCUT2D eigenvalue weighted by atomic mass is 16.6. The highest BCUT2D eigenvalue weighted by Crippen LogP contribution is 2.25. The molecule has 0 aliphatic rings. The van der Waals surface area contributed by atoms with Crippen LogP contribution in [0.2, 0.25) is 0 Å². The fraction of sp³-hybridized carbons (Fsp3) is 0.357. The first-order valence-corrected chi connectivity index (χ1v) is 6.66. The van der Waals surface area contributed by atoms with Gasteiger partial charge in [0.15, 0.2) is 0 Å². The Morgan fingerprint density at radius 2 is 2.05 bits per heavy atom. The lowest BCUT2D eigenvalue weighted by atomic mass is 10.1. The Kier molecular flexibility index (Phi) is 4.11. The third-order valence-electron chi connectivity index (χ3n) is 3.31. The first-order valence-electron chi connectivity index (χ1n) is 6.66. The minimum Gasteiger partial charge on any atom is -0.383 e. The molecular formula is C14H18N4O3. The third-order valence-corrected chi connectivity index (χ3v) is 3.31. The van der Waals surface area contributed by atoms with E-state index in [0.717, 1.165) is 0 Å². The molecule has 2 aromatic rings. The minimum atomic E-state index is -0.433. The van der Waals surface area contributed by atoms with E-state index in [0.29, 0.717) is 17.8 Å². The lowest BCUT2D eigenvalue weighted by Gasteiger charge is -2.07. The maximum absolute atomic E-state index is 12.1. The monoisotopic (exact) mass is 290 g/mol. The molecule has 0 amide bonds. The van der Waals surface area contributed by atoms with Crippen LogP contribution >= 0.6 is 0 Å². The molecule has 0 saturated carbocycles. The average Bonchev–Trinajstić information content (AvgIpc) is 2.80. The summed E-state index contributed by atoms with van der Waals surface area (Å²) in [6, 6.07) is 5.00. The molecule has 2 rings (SSSR count). The summed E-state index contributed by atoms with van der Waals surface area (Å²) in [4.78, 5) is 22.7. The van der Waals surface area contributed by atoms with E-state index in [1.54, 1.807) is 36.1 Å². The number of nitro groups is 1. The maximum Gasteiger partial charge on any atom is 0.328 e. The summed E-state index contributed by atoms with van der Waals surface area (Å²) in [5, 5.41) is 13.8. The van der Waals surface area contributed by atoms with Crippen molar-refractivity contribution in [2.24, 2.45) is 0 Å². The van der Waals surface area contributed by atoms with E-state index < -0.39 is 4.92 Å². The number of hydrogen-bond acceptors (Lipinski definition) is 4. The van der Waals surface area contributed by atoms with Crippen LogP contribution in [0.3, 0.4) is 0 Å².